The molecule has 3 rings (SSSR count). The van der Waals surface area contributed by atoms with Crippen LogP contribution in [0.25, 0.3) is 5.69 Å². The van der Waals surface area contributed by atoms with Crippen LogP contribution in [0.1, 0.15) is 11.8 Å². The summed E-state index contributed by atoms with van der Waals surface area (Å²) in [6.45, 7) is 2.53. The van der Waals surface area contributed by atoms with Gasteiger partial charge in [0.05, 0.1) is 5.25 Å². The number of thioether (sulfide) groups is 1. The fraction of sp³-hybridized carbons (Fsp3) is 0.235. The van der Waals surface area contributed by atoms with E-state index in [2.05, 4.69) is 21.6 Å². The molecule has 1 amide bonds. The number of hydrogen-bond donors (Lipinski definition) is 1. The van der Waals surface area contributed by atoms with Crippen LogP contribution in [-0.4, -0.2) is 32.5 Å². The molecule has 1 atom stereocenters. The van der Waals surface area contributed by atoms with Crippen molar-refractivity contribution in [1.82, 2.24) is 20.1 Å². The third-order valence-electron chi connectivity index (χ3n) is 3.45. The smallest absolute Gasteiger partial charge is 0.233 e. The van der Waals surface area contributed by atoms with E-state index < -0.39 is 0 Å². The van der Waals surface area contributed by atoms with Gasteiger partial charge in [-0.05, 0) is 36.9 Å². The highest BCUT2D eigenvalue weighted by atomic mass is 32.2. The average Bonchev–Trinajstić information content (AvgIpc) is 3.27. The predicted octanol–water partition coefficient (Wildman–Crippen LogP) is 3.17. The lowest BCUT2D eigenvalue weighted by Gasteiger charge is -2.12. The molecule has 1 N–H and O–H groups in total. The number of rotatable bonds is 7. The van der Waals surface area contributed by atoms with Crippen molar-refractivity contribution in [2.45, 2.75) is 23.8 Å². The summed E-state index contributed by atoms with van der Waals surface area (Å²) in [6, 6.07) is 14.0. The summed E-state index contributed by atoms with van der Waals surface area (Å²) in [6.07, 6.45) is 2.53. The fourth-order valence-electron chi connectivity index (χ4n) is 2.19. The molecule has 1 aromatic carbocycles. The van der Waals surface area contributed by atoms with Crippen LogP contribution >= 0.6 is 23.1 Å². The third-order valence-corrected chi connectivity index (χ3v) is 5.45. The highest BCUT2D eigenvalue weighted by Gasteiger charge is 2.18. The Bertz CT molecular complexity index is 771. The number of amides is 1. The molecule has 2 heterocycles. The van der Waals surface area contributed by atoms with Crippen LogP contribution in [0, 0.1) is 0 Å². The van der Waals surface area contributed by atoms with Crippen LogP contribution in [0.5, 0.6) is 0 Å². The number of aromatic nitrogens is 3. The minimum absolute atomic E-state index is 0.0131. The van der Waals surface area contributed by atoms with Gasteiger partial charge >= 0.3 is 0 Å². The number of carbonyl (C=O) groups excluding carboxylic acids is 1. The van der Waals surface area contributed by atoms with Gasteiger partial charge in [0.2, 0.25) is 5.91 Å². The van der Waals surface area contributed by atoms with E-state index in [9.17, 15) is 4.79 Å². The lowest BCUT2D eigenvalue weighted by atomic mass is 10.3. The molecule has 1 unspecified atom stereocenters. The fourth-order valence-corrected chi connectivity index (χ4v) is 3.77. The van der Waals surface area contributed by atoms with Crippen molar-refractivity contribution in [3.05, 3.63) is 59.0 Å². The van der Waals surface area contributed by atoms with Gasteiger partial charge in [-0.1, -0.05) is 36.0 Å². The van der Waals surface area contributed by atoms with Crippen LogP contribution < -0.4 is 5.32 Å². The van der Waals surface area contributed by atoms with Crippen LogP contribution in [-0.2, 0) is 11.2 Å². The molecule has 0 fully saturated rings. The van der Waals surface area contributed by atoms with Gasteiger partial charge in [-0.3, -0.25) is 9.36 Å². The van der Waals surface area contributed by atoms with Crippen LogP contribution in [0.3, 0.4) is 0 Å². The SMILES string of the molecule is CC(Sc1nncn1-c1ccccc1)C(=O)NCCc1cccs1. The standard InChI is InChI=1S/C17H18N4OS2/c1-13(16(22)18-10-9-15-8-5-11-23-15)24-17-20-19-12-21(17)14-6-3-2-4-7-14/h2-8,11-13H,9-10H2,1H3,(H,18,22). The molecule has 0 saturated heterocycles. The molecule has 0 aliphatic heterocycles. The third kappa shape index (κ3) is 4.24. The molecule has 7 heteroatoms. The van der Waals surface area contributed by atoms with Crippen molar-refractivity contribution in [2.75, 3.05) is 6.54 Å². The average molecular weight is 358 g/mol. The summed E-state index contributed by atoms with van der Waals surface area (Å²) < 4.78 is 1.89. The van der Waals surface area contributed by atoms with E-state index >= 15 is 0 Å². The maximum atomic E-state index is 12.3. The van der Waals surface area contributed by atoms with Crippen molar-refractivity contribution >= 4 is 29.0 Å². The molecule has 0 bridgehead atoms. The van der Waals surface area contributed by atoms with Gasteiger partial charge in [0.25, 0.3) is 0 Å². The highest BCUT2D eigenvalue weighted by molar-refractivity contribution is 8.00. The zero-order chi connectivity index (χ0) is 16.8. The first-order valence-corrected chi connectivity index (χ1v) is 9.42. The molecule has 0 aliphatic carbocycles. The first kappa shape index (κ1) is 16.7. The second-order valence-electron chi connectivity index (χ2n) is 5.20. The van der Waals surface area contributed by atoms with E-state index in [0.29, 0.717) is 11.7 Å². The normalized spacial score (nSPS) is 12.0. The zero-order valence-electron chi connectivity index (χ0n) is 13.3. The van der Waals surface area contributed by atoms with Gasteiger partial charge in [0, 0.05) is 17.1 Å². The van der Waals surface area contributed by atoms with Crippen molar-refractivity contribution in [3.8, 4) is 5.69 Å². The molecular formula is C17H18N4OS2. The molecule has 124 valence electrons. The number of para-hydroxylation sites is 1. The van der Waals surface area contributed by atoms with Gasteiger partial charge in [0.15, 0.2) is 5.16 Å². The molecule has 0 aliphatic rings. The van der Waals surface area contributed by atoms with Gasteiger partial charge in [-0.2, -0.15) is 0 Å². The number of nitrogens with one attached hydrogen (secondary N) is 1. The molecule has 0 spiro atoms. The number of thiophene rings is 1. The van der Waals surface area contributed by atoms with Crippen molar-refractivity contribution in [2.24, 2.45) is 0 Å². The van der Waals surface area contributed by atoms with E-state index in [1.54, 1.807) is 17.7 Å². The maximum absolute atomic E-state index is 12.3. The quantitative estimate of drug-likeness (QED) is 0.659. The minimum atomic E-state index is -0.236. The monoisotopic (exact) mass is 358 g/mol. The highest BCUT2D eigenvalue weighted by Crippen LogP contribution is 2.23. The lowest BCUT2D eigenvalue weighted by molar-refractivity contribution is -0.120. The summed E-state index contributed by atoms with van der Waals surface area (Å²) in [5, 5.41) is 13.6. The second kappa shape index (κ2) is 8.12. The Morgan fingerprint density at radius 1 is 1.29 bits per heavy atom. The molecule has 2 aromatic heterocycles. The predicted molar refractivity (Wildman–Crippen MR) is 97.7 cm³/mol. The first-order chi connectivity index (χ1) is 11.7. The van der Waals surface area contributed by atoms with E-state index in [0.717, 1.165) is 12.1 Å². The summed E-state index contributed by atoms with van der Waals surface area (Å²) in [4.78, 5) is 13.5. The van der Waals surface area contributed by atoms with E-state index in [4.69, 9.17) is 0 Å². The van der Waals surface area contributed by atoms with Crippen molar-refractivity contribution < 1.29 is 4.79 Å². The van der Waals surface area contributed by atoms with Crippen LogP contribution in [0.15, 0.2) is 59.3 Å². The van der Waals surface area contributed by atoms with Crippen molar-refractivity contribution in [1.29, 1.82) is 0 Å². The van der Waals surface area contributed by atoms with Gasteiger partial charge in [0.1, 0.15) is 6.33 Å². The number of carbonyl (C=O) groups is 1. The van der Waals surface area contributed by atoms with Crippen LogP contribution in [0.4, 0.5) is 0 Å². The van der Waals surface area contributed by atoms with Crippen molar-refractivity contribution in [3.63, 3.8) is 0 Å². The van der Waals surface area contributed by atoms with Gasteiger partial charge in [-0.25, -0.2) is 0 Å². The summed E-state index contributed by atoms with van der Waals surface area (Å²) in [5.74, 6) is 0.0131. The Balaban J connectivity index is 1.56. The molecule has 0 saturated carbocycles. The lowest BCUT2D eigenvalue weighted by Crippen LogP contribution is -2.32. The molecular weight excluding hydrogens is 340 g/mol. The second-order valence-corrected chi connectivity index (χ2v) is 7.54. The first-order valence-electron chi connectivity index (χ1n) is 7.66. The Kier molecular flexibility index (Phi) is 5.66. The number of hydrogen-bond acceptors (Lipinski definition) is 5. The Hall–Kier alpha value is -2.12. The Morgan fingerprint density at radius 3 is 2.88 bits per heavy atom. The van der Waals surface area contributed by atoms with Gasteiger partial charge in [-0.15, -0.1) is 21.5 Å². The van der Waals surface area contributed by atoms with Gasteiger partial charge < -0.3 is 5.32 Å². The minimum Gasteiger partial charge on any atom is -0.355 e. The Morgan fingerprint density at radius 2 is 2.12 bits per heavy atom. The topological polar surface area (TPSA) is 59.8 Å². The largest absolute Gasteiger partial charge is 0.355 e. The summed E-state index contributed by atoms with van der Waals surface area (Å²) in [5.41, 5.74) is 0.982. The summed E-state index contributed by atoms with van der Waals surface area (Å²) in [7, 11) is 0. The van der Waals surface area contributed by atoms with E-state index in [1.165, 1.54) is 16.6 Å². The maximum Gasteiger partial charge on any atom is 0.233 e. The summed E-state index contributed by atoms with van der Waals surface area (Å²) >= 11 is 3.12. The molecule has 3 aromatic rings. The van der Waals surface area contributed by atoms with Crippen LogP contribution in [0.2, 0.25) is 0 Å². The van der Waals surface area contributed by atoms with E-state index in [1.807, 2.05) is 53.3 Å². The number of benzene rings is 1. The molecule has 0 radical (unpaired) electrons. The van der Waals surface area contributed by atoms with E-state index in [-0.39, 0.29) is 11.2 Å². The zero-order valence-corrected chi connectivity index (χ0v) is 14.9. The molecule has 24 heavy (non-hydrogen) atoms. The number of nitrogens with zero attached hydrogens (tertiary/aromatic N) is 3. The molecule has 5 nitrogen and oxygen atoms in total. The Labute approximate surface area is 149 Å².